The van der Waals surface area contributed by atoms with Crippen LogP contribution in [0.5, 0.6) is 0 Å². The molecule has 0 amide bonds. The molecular formula is C12H25NO3. The molecule has 16 heavy (non-hydrogen) atoms. The van der Waals surface area contributed by atoms with Gasteiger partial charge < -0.3 is 19.9 Å². The van der Waals surface area contributed by atoms with Crippen LogP contribution in [0.3, 0.4) is 0 Å². The van der Waals surface area contributed by atoms with Crippen molar-refractivity contribution in [2.24, 2.45) is 0 Å². The van der Waals surface area contributed by atoms with Gasteiger partial charge in [-0.2, -0.15) is 0 Å². The molecule has 96 valence electrons. The van der Waals surface area contributed by atoms with Gasteiger partial charge in [-0.25, -0.2) is 0 Å². The maximum Gasteiger partial charge on any atom is 0.0897 e. The smallest absolute Gasteiger partial charge is 0.0897 e. The summed E-state index contributed by atoms with van der Waals surface area (Å²) in [5, 5.41) is 12.8. The summed E-state index contributed by atoms with van der Waals surface area (Å²) < 4.78 is 10.8. The molecule has 2 N–H and O–H groups in total. The average molecular weight is 231 g/mol. The van der Waals surface area contributed by atoms with E-state index in [1.165, 1.54) is 12.8 Å². The van der Waals surface area contributed by atoms with Gasteiger partial charge in [0, 0.05) is 13.2 Å². The first-order valence-electron chi connectivity index (χ1n) is 6.30. The molecule has 1 aliphatic rings. The predicted octanol–water partition coefficient (Wildman–Crippen LogP) is 0.931. The SMILES string of the molecule is CC(C)OCC(O)CNCCC1CCCO1. The zero-order chi connectivity index (χ0) is 11.8. The monoisotopic (exact) mass is 231 g/mol. The van der Waals surface area contributed by atoms with Gasteiger partial charge in [-0.1, -0.05) is 0 Å². The van der Waals surface area contributed by atoms with Gasteiger partial charge in [0.15, 0.2) is 0 Å². The normalized spacial score (nSPS) is 22.9. The van der Waals surface area contributed by atoms with Gasteiger partial charge >= 0.3 is 0 Å². The second-order valence-corrected chi connectivity index (χ2v) is 4.66. The van der Waals surface area contributed by atoms with E-state index in [-0.39, 0.29) is 6.10 Å². The van der Waals surface area contributed by atoms with Crippen LogP contribution in [0.2, 0.25) is 0 Å². The lowest BCUT2D eigenvalue weighted by Gasteiger charge is -2.15. The molecule has 0 spiro atoms. The fourth-order valence-electron chi connectivity index (χ4n) is 1.77. The van der Waals surface area contributed by atoms with Crippen LogP contribution < -0.4 is 5.32 Å². The van der Waals surface area contributed by atoms with Crippen molar-refractivity contribution in [3.05, 3.63) is 0 Å². The van der Waals surface area contributed by atoms with Gasteiger partial charge in [-0.05, 0) is 39.7 Å². The van der Waals surface area contributed by atoms with E-state index in [9.17, 15) is 5.11 Å². The number of rotatable bonds is 8. The number of aliphatic hydroxyl groups is 1. The largest absolute Gasteiger partial charge is 0.389 e. The molecule has 2 atom stereocenters. The number of aliphatic hydroxyl groups excluding tert-OH is 1. The zero-order valence-electron chi connectivity index (χ0n) is 10.4. The molecule has 4 nitrogen and oxygen atoms in total. The van der Waals surface area contributed by atoms with E-state index in [4.69, 9.17) is 9.47 Å². The molecule has 1 aliphatic heterocycles. The van der Waals surface area contributed by atoms with Gasteiger partial charge in [0.05, 0.1) is 24.9 Å². The van der Waals surface area contributed by atoms with Crippen molar-refractivity contribution in [2.75, 3.05) is 26.3 Å². The highest BCUT2D eigenvalue weighted by atomic mass is 16.5. The minimum Gasteiger partial charge on any atom is -0.389 e. The van der Waals surface area contributed by atoms with E-state index in [1.807, 2.05) is 13.8 Å². The molecule has 0 saturated carbocycles. The van der Waals surface area contributed by atoms with Crippen molar-refractivity contribution in [1.29, 1.82) is 0 Å². The van der Waals surface area contributed by atoms with Crippen molar-refractivity contribution < 1.29 is 14.6 Å². The van der Waals surface area contributed by atoms with Crippen LogP contribution in [0.4, 0.5) is 0 Å². The minimum absolute atomic E-state index is 0.182. The van der Waals surface area contributed by atoms with Gasteiger partial charge in [0.2, 0.25) is 0 Å². The van der Waals surface area contributed by atoms with Crippen LogP contribution in [0, 0.1) is 0 Å². The van der Waals surface area contributed by atoms with E-state index in [0.29, 0.717) is 19.3 Å². The van der Waals surface area contributed by atoms with Crippen LogP contribution in [0.15, 0.2) is 0 Å². The third-order valence-electron chi connectivity index (χ3n) is 2.67. The molecule has 1 fully saturated rings. The molecule has 1 heterocycles. The van der Waals surface area contributed by atoms with Crippen molar-refractivity contribution in [1.82, 2.24) is 5.32 Å². The zero-order valence-corrected chi connectivity index (χ0v) is 10.4. The Hall–Kier alpha value is -0.160. The maximum atomic E-state index is 9.57. The molecule has 0 radical (unpaired) electrons. The lowest BCUT2D eigenvalue weighted by Crippen LogP contribution is -2.32. The summed E-state index contributed by atoms with van der Waals surface area (Å²) in [4.78, 5) is 0. The van der Waals surface area contributed by atoms with Crippen LogP contribution in [-0.2, 0) is 9.47 Å². The standard InChI is InChI=1S/C12H25NO3/c1-10(2)16-9-11(14)8-13-6-5-12-4-3-7-15-12/h10-14H,3-9H2,1-2H3. The second kappa shape index (κ2) is 8.01. The number of hydrogen-bond donors (Lipinski definition) is 2. The molecule has 4 heteroatoms. The molecule has 0 aromatic carbocycles. The Balaban J connectivity index is 1.89. The van der Waals surface area contributed by atoms with Gasteiger partial charge in [-0.3, -0.25) is 0 Å². The predicted molar refractivity (Wildman–Crippen MR) is 63.6 cm³/mol. The second-order valence-electron chi connectivity index (χ2n) is 4.66. The van der Waals surface area contributed by atoms with E-state index in [0.717, 1.165) is 19.6 Å². The summed E-state index contributed by atoms with van der Waals surface area (Å²) in [6, 6.07) is 0. The first-order valence-corrected chi connectivity index (χ1v) is 6.30. The van der Waals surface area contributed by atoms with Crippen molar-refractivity contribution in [2.45, 2.75) is 51.4 Å². The Morgan fingerprint density at radius 2 is 2.31 bits per heavy atom. The third kappa shape index (κ3) is 6.43. The summed E-state index contributed by atoms with van der Waals surface area (Å²) in [7, 11) is 0. The van der Waals surface area contributed by atoms with Crippen LogP contribution in [0.25, 0.3) is 0 Å². The van der Waals surface area contributed by atoms with Gasteiger partial charge in [0.1, 0.15) is 0 Å². The van der Waals surface area contributed by atoms with Crippen molar-refractivity contribution in [3.8, 4) is 0 Å². The number of ether oxygens (including phenoxy) is 2. The van der Waals surface area contributed by atoms with Crippen molar-refractivity contribution in [3.63, 3.8) is 0 Å². The molecule has 0 aliphatic carbocycles. The maximum absolute atomic E-state index is 9.57. The van der Waals surface area contributed by atoms with E-state index < -0.39 is 6.10 Å². The van der Waals surface area contributed by atoms with Crippen LogP contribution >= 0.6 is 0 Å². The lowest BCUT2D eigenvalue weighted by atomic mass is 10.2. The average Bonchev–Trinajstić information content (AvgIpc) is 2.74. The van der Waals surface area contributed by atoms with Gasteiger partial charge in [-0.15, -0.1) is 0 Å². The van der Waals surface area contributed by atoms with E-state index >= 15 is 0 Å². The molecule has 2 unspecified atom stereocenters. The fourth-order valence-corrected chi connectivity index (χ4v) is 1.77. The summed E-state index contributed by atoms with van der Waals surface area (Å²) >= 11 is 0. The van der Waals surface area contributed by atoms with Crippen LogP contribution in [-0.4, -0.2) is 49.7 Å². The van der Waals surface area contributed by atoms with Crippen molar-refractivity contribution >= 4 is 0 Å². The fraction of sp³-hybridized carbons (Fsp3) is 1.00. The first kappa shape index (κ1) is 13.9. The van der Waals surface area contributed by atoms with Crippen LogP contribution in [0.1, 0.15) is 33.1 Å². The summed E-state index contributed by atoms with van der Waals surface area (Å²) in [6.07, 6.45) is 3.61. The summed E-state index contributed by atoms with van der Waals surface area (Å²) in [5.41, 5.74) is 0. The highest BCUT2D eigenvalue weighted by Crippen LogP contribution is 2.14. The third-order valence-corrected chi connectivity index (χ3v) is 2.67. The Morgan fingerprint density at radius 3 is 2.94 bits per heavy atom. The summed E-state index contributed by atoms with van der Waals surface area (Å²) in [6.45, 7) is 6.76. The van der Waals surface area contributed by atoms with Gasteiger partial charge in [0.25, 0.3) is 0 Å². The minimum atomic E-state index is -0.410. The highest BCUT2D eigenvalue weighted by molar-refractivity contribution is 4.67. The Bertz CT molecular complexity index is 170. The molecule has 0 aromatic heterocycles. The summed E-state index contributed by atoms with van der Waals surface area (Å²) in [5.74, 6) is 0. The quantitative estimate of drug-likeness (QED) is 0.610. The first-order chi connectivity index (χ1) is 7.68. The molecule has 0 bridgehead atoms. The molecule has 0 aromatic rings. The number of nitrogens with one attached hydrogen (secondary N) is 1. The number of hydrogen-bond acceptors (Lipinski definition) is 4. The lowest BCUT2D eigenvalue weighted by molar-refractivity contribution is 0.00607. The topological polar surface area (TPSA) is 50.7 Å². The molecular weight excluding hydrogens is 206 g/mol. The Labute approximate surface area is 98.3 Å². The van der Waals surface area contributed by atoms with E-state index in [1.54, 1.807) is 0 Å². The van der Waals surface area contributed by atoms with E-state index in [2.05, 4.69) is 5.32 Å². The molecule has 1 rings (SSSR count). The molecule has 1 saturated heterocycles. The Morgan fingerprint density at radius 1 is 1.50 bits per heavy atom. The highest BCUT2D eigenvalue weighted by Gasteiger charge is 2.14. The Kier molecular flexibility index (Phi) is 6.96.